The summed E-state index contributed by atoms with van der Waals surface area (Å²) in [7, 11) is 0. The first kappa shape index (κ1) is 12.6. The highest BCUT2D eigenvalue weighted by Crippen LogP contribution is 2.30. The molecule has 2 aromatic heterocycles. The number of amides is 1. The topological polar surface area (TPSA) is 93.8 Å². The van der Waals surface area contributed by atoms with Crippen molar-refractivity contribution in [1.82, 2.24) is 20.4 Å². The smallest absolute Gasteiger partial charge is 0.277 e. The van der Waals surface area contributed by atoms with Gasteiger partial charge in [0, 0.05) is 12.4 Å². The second-order valence-electron chi connectivity index (χ2n) is 3.95. The molecule has 0 unspecified atom stereocenters. The van der Waals surface area contributed by atoms with Gasteiger partial charge >= 0.3 is 0 Å². The normalized spacial score (nSPS) is 10.7. The molecule has 0 aliphatic rings. The van der Waals surface area contributed by atoms with Crippen LogP contribution in [0.25, 0.3) is 10.7 Å². The van der Waals surface area contributed by atoms with Gasteiger partial charge in [0.05, 0.1) is 11.9 Å². The molecule has 0 radical (unpaired) electrons. The summed E-state index contributed by atoms with van der Waals surface area (Å²) in [4.78, 5) is 24.8. The van der Waals surface area contributed by atoms with Crippen molar-refractivity contribution in [2.45, 2.75) is 19.8 Å². The van der Waals surface area contributed by atoms with Crippen LogP contribution in [0.1, 0.15) is 35.1 Å². The number of carbonyl (C=O) groups excluding carboxylic acids is 1. The summed E-state index contributed by atoms with van der Waals surface area (Å²) in [6, 6.07) is 0. The molecule has 0 aromatic carbocycles. The maximum absolute atomic E-state index is 11.7. The van der Waals surface area contributed by atoms with Gasteiger partial charge in [-0.15, -0.1) is 11.3 Å². The van der Waals surface area contributed by atoms with Crippen molar-refractivity contribution in [3.8, 4) is 10.7 Å². The van der Waals surface area contributed by atoms with Crippen LogP contribution in [0.5, 0.6) is 0 Å². The van der Waals surface area contributed by atoms with E-state index in [1.165, 1.54) is 11.3 Å². The Kier molecular flexibility index (Phi) is 3.63. The third kappa shape index (κ3) is 2.36. The average Bonchev–Trinajstić information content (AvgIpc) is 2.84. The molecule has 0 saturated heterocycles. The molecule has 0 aliphatic carbocycles. The van der Waals surface area contributed by atoms with Crippen LogP contribution in [0.3, 0.4) is 0 Å². The molecule has 0 spiro atoms. The second-order valence-corrected chi connectivity index (χ2v) is 4.95. The Morgan fingerprint density at radius 3 is 2.78 bits per heavy atom. The van der Waals surface area contributed by atoms with Crippen LogP contribution in [0.2, 0.25) is 0 Å². The Balaban J connectivity index is 2.49. The van der Waals surface area contributed by atoms with Crippen LogP contribution >= 0.6 is 11.3 Å². The van der Waals surface area contributed by atoms with E-state index < -0.39 is 0 Å². The number of nitrogen functional groups attached to an aromatic ring is 1. The lowest BCUT2D eigenvalue weighted by Gasteiger charge is -2.02. The van der Waals surface area contributed by atoms with E-state index in [-0.39, 0.29) is 11.8 Å². The molecule has 6 nitrogen and oxygen atoms in total. The second kappa shape index (κ2) is 5.19. The third-order valence-corrected chi connectivity index (χ3v) is 3.41. The number of rotatable bonds is 3. The highest BCUT2D eigenvalue weighted by atomic mass is 32.1. The summed E-state index contributed by atoms with van der Waals surface area (Å²) in [5, 5.41) is 0.672. The van der Waals surface area contributed by atoms with E-state index in [9.17, 15) is 4.79 Å². The minimum absolute atomic E-state index is 0.138. The zero-order valence-corrected chi connectivity index (χ0v) is 10.9. The fourth-order valence-corrected chi connectivity index (χ4v) is 2.56. The Hall–Kier alpha value is -1.86. The van der Waals surface area contributed by atoms with Crippen LogP contribution in [0, 0.1) is 0 Å². The number of hydrogen-bond donors (Lipinski definition) is 2. The SMILES string of the molecule is CC(C)c1nc(-c2cnccn2)sc1C(=O)NN. The van der Waals surface area contributed by atoms with Gasteiger partial charge in [0.2, 0.25) is 0 Å². The number of nitrogens with two attached hydrogens (primary N) is 1. The number of carbonyl (C=O) groups is 1. The van der Waals surface area contributed by atoms with Crippen LogP contribution < -0.4 is 11.3 Å². The van der Waals surface area contributed by atoms with E-state index in [0.29, 0.717) is 15.6 Å². The predicted molar refractivity (Wildman–Crippen MR) is 68.9 cm³/mol. The van der Waals surface area contributed by atoms with Crippen molar-refractivity contribution >= 4 is 17.2 Å². The summed E-state index contributed by atoms with van der Waals surface area (Å²) >= 11 is 1.27. The first-order valence-corrected chi connectivity index (χ1v) is 6.23. The van der Waals surface area contributed by atoms with Gasteiger partial charge < -0.3 is 0 Å². The van der Waals surface area contributed by atoms with E-state index in [1.807, 2.05) is 13.8 Å². The molecule has 0 aliphatic heterocycles. The Morgan fingerprint density at radius 1 is 1.44 bits per heavy atom. The predicted octanol–water partition coefficient (Wildman–Crippen LogP) is 1.33. The van der Waals surface area contributed by atoms with Gasteiger partial charge in [0.25, 0.3) is 5.91 Å². The van der Waals surface area contributed by atoms with Crippen molar-refractivity contribution in [2.75, 3.05) is 0 Å². The minimum atomic E-state index is -0.327. The standard InChI is InChI=1S/C11H13N5OS/c1-6(2)8-9(10(17)16-12)18-11(15-8)7-5-13-3-4-14-7/h3-6H,12H2,1-2H3,(H,16,17). The number of hydrogen-bond acceptors (Lipinski definition) is 6. The molecule has 0 bridgehead atoms. The zero-order chi connectivity index (χ0) is 13.1. The molecular weight excluding hydrogens is 250 g/mol. The summed E-state index contributed by atoms with van der Waals surface area (Å²) in [5.74, 6) is 4.98. The Bertz CT molecular complexity index is 552. The molecule has 18 heavy (non-hydrogen) atoms. The number of aromatic nitrogens is 3. The molecular formula is C11H13N5OS. The molecule has 2 rings (SSSR count). The van der Waals surface area contributed by atoms with E-state index in [0.717, 1.165) is 5.69 Å². The fourth-order valence-electron chi connectivity index (χ4n) is 1.47. The summed E-state index contributed by atoms with van der Waals surface area (Å²) in [6.07, 6.45) is 4.80. The summed E-state index contributed by atoms with van der Waals surface area (Å²) in [5.41, 5.74) is 3.52. The molecule has 7 heteroatoms. The van der Waals surface area contributed by atoms with Crippen molar-refractivity contribution in [3.05, 3.63) is 29.2 Å². The van der Waals surface area contributed by atoms with Gasteiger partial charge in [-0.2, -0.15) is 0 Å². The summed E-state index contributed by atoms with van der Waals surface area (Å²) in [6.45, 7) is 3.95. The van der Waals surface area contributed by atoms with Crippen LogP contribution in [0.15, 0.2) is 18.6 Å². The van der Waals surface area contributed by atoms with E-state index in [1.54, 1.807) is 18.6 Å². The maximum Gasteiger partial charge on any atom is 0.277 e. The lowest BCUT2D eigenvalue weighted by atomic mass is 10.1. The third-order valence-electron chi connectivity index (χ3n) is 2.32. The molecule has 94 valence electrons. The van der Waals surface area contributed by atoms with E-state index in [4.69, 9.17) is 5.84 Å². The van der Waals surface area contributed by atoms with Crippen LogP contribution in [0.4, 0.5) is 0 Å². The lowest BCUT2D eigenvalue weighted by molar-refractivity contribution is 0.0956. The minimum Gasteiger partial charge on any atom is -0.289 e. The molecule has 0 saturated carbocycles. The van der Waals surface area contributed by atoms with Gasteiger partial charge in [0.1, 0.15) is 15.6 Å². The van der Waals surface area contributed by atoms with Crippen molar-refractivity contribution in [2.24, 2.45) is 5.84 Å². The number of nitrogens with one attached hydrogen (secondary N) is 1. The quantitative estimate of drug-likeness (QED) is 0.495. The largest absolute Gasteiger partial charge is 0.289 e. The molecule has 3 N–H and O–H groups in total. The summed E-state index contributed by atoms with van der Waals surface area (Å²) < 4.78 is 0. The van der Waals surface area contributed by atoms with Gasteiger partial charge in [-0.05, 0) is 5.92 Å². The number of nitrogens with zero attached hydrogens (tertiary/aromatic N) is 3. The van der Waals surface area contributed by atoms with Crippen molar-refractivity contribution in [1.29, 1.82) is 0 Å². The highest BCUT2D eigenvalue weighted by Gasteiger charge is 2.20. The number of thiazole rings is 1. The monoisotopic (exact) mass is 263 g/mol. The van der Waals surface area contributed by atoms with Gasteiger partial charge in [-0.1, -0.05) is 13.8 Å². The average molecular weight is 263 g/mol. The van der Waals surface area contributed by atoms with Gasteiger partial charge in [0.15, 0.2) is 0 Å². The molecule has 2 heterocycles. The van der Waals surface area contributed by atoms with Gasteiger partial charge in [-0.3, -0.25) is 20.2 Å². The lowest BCUT2D eigenvalue weighted by Crippen LogP contribution is -2.30. The van der Waals surface area contributed by atoms with E-state index in [2.05, 4.69) is 20.4 Å². The molecule has 0 atom stereocenters. The Labute approximate surface area is 108 Å². The first-order chi connectivity index (χ1) is 8.63. The Morgan fingerprint density at radius 2 is 2.22 bits per heavy atom. The zero-order valence-electron chi connectivity index (χ0n) is 10.0. The van der Waals surface area contributed by atoms with Gasteiger partial charge in [-0.25, -0.2) is 10.8 Å². The maximum atomic E-state index is 11.7. The van der Waals surface area contributed by atoms with Crippen LogP contribution in [-0.2, 0) is 0 Å². The van der Waals surface area contributed by atoms with E-state index >= 15 is 0 Å². The first-order valence-electron chi connectivity index (χ1n) is 5.41. The molecule has 0 fully saturated rings. The molecule has 1 amide bonds. The molecule has 2 aromatic rings. The van der Waals surface area contributed by atoms with Crippen LogP contribution in [-0.4, -0.2) is 20.9 Å². The van der Waals surface area contributed by atoms with Crippen molar-refractivity contribution in [3.63, 3.8) is 0 Å². The fraction of sp³-hybridized carbons (Fsp3) is 0.273. The highest BCUT2D eigenvalue weighted by molar-refractivity contribution is 7.17. The number of hydrazine groups is 1. The van der Waals surface area contributed by atoms with Crippen molar-refractivity contribution < 1.29 is 4.79 Å².